The van der Waals surface area contributed by atoms with Crippen molar-refractivity contribution in [3.05, 3.63) is 52.5 Å². The monoisotopic (exact) mass is 324 g/mol. The number of hydrogen-bond donors (Lipinski definition) is 0. The van der Waals surface area contributed by atoms with E-state index >= 15 is 0 Å². The Kier molecular flexibility index (Phi) is 5.07. The van der Waals surface area contributed by atoms with Gasteiger partial charge in [0.2, 0.25) is 0 Å². The van der Waals surface area contributed by atoms with E-state index in [1.165, 1.54) is 5.56 Å². The molecule has 5 nitrogen and oxygen atoms in total. The molecule has 24 heavy (non-hydrogen) atoms. The molecular weight excluding hydrogens is 304 g/mol. The lowest BCUT2D eigenvalue weighted by atomic mass is 9.91. The summed E-state index contributed by atoms with van der Waals surface area (Å²) in [6.45, 7) is 10.8. The minimum Gasteiger partial charge on any atom is -0.462 e. The molecule has 124 valence electrons. The van der Waals surface area contributed by atoms with Crippen molar-refractivity contribution in [1.29, 1.82) is 0 Å². The molecule has 5 heteroatoms. The van der Waals surface area contributed by atoms with Crippen LogP contribution in [-0.2, 0) is 16.0 Å². The normalized spacial score (nSPS) is 15.2. The fourth-order valence-electron chi connectivity index (χ4n) is 3.09. The summed E-state index contributed by atoms with van der Waals surface area (Å²) in [5, 5.41) is 0.891. The third kappa shape index (κ3) is 3.39. The second kappa shape index (κ2) is 7.41. The maximum Gasteiger partial charge on any atom is 0.340 e. The number of rotatable bonds is 4. The fraction of sp³-hybridized carbons (Fsp3) is 0.421. The van der Waals surface area contributed by atoms with Gasteiger partial charge in [-0.25, -0.2) is 16.4 Å². The number of carbonyl (C=O) groups excluding carboxylic acids is 1. The predicted octanol–water partition coefficient (Wildman–Crippen LogP) is 3.72. The van der Waals surface area contributed by atoms with Crippen LogP contribution >= 0.6 is 0 Å². The molecule has 0 bridgehead atoms. The largest absolute Gasteiger partial charge is 0.462 e. The Morgan fingerprint density at radius 2 is 2.17 bits per heavy atom. The Morgan fingerprint density at radius 3 is 2.88 bits per heavy atom. The zero-order valence-corrected chi connectivity index (χ0v) is 13.7. The van der Waals surface area contributed by atoms with Crippen LogP contribution in [0.1, 0.15) is 47.3 Å². The molecule has 1 aliphatic rings. The lowest BCUT2D eigenvalue weighted by Crippen LogP contribution is -2.14. The second-order valence-electron chi connectivity index (χ2n) is 5.86. The number of pyridine rings is 1. The molecule has 0 amide bonds. The van der Waals surface area contributed by atoms with E-state index < -0.39 is 5.97 Å². The van der Waals surface area contributed by atoms with E-state index in [4.69, 9.17) is 16.0 Å². The van der Waals surface area contributed by atoms with Crippen LogP contribution in [0.4, 0.5) is 0 Å². The number of carbonyl (C=O) groups is 1. The van der Waals surface area contributed by atoms with Crippen LogP contribution in [0.2, 0.25) is 0 Å². The lowest BCUT2D eigenvalue weighted by molar-refractivity contribution is 0.0525. The topological polar surface area (TPSA) is 52.8 Å². The lowest BCUT2D eigenvalue weighted by Gasteiger charge is -2.22. The quantitative estimate of drug-likeness (QED) is 0.635. The van der Waals surface area contributed by atoms with Gasteiger partial charge in [0.15, 0.2) is 0 Å². The van der Waals surface area contributed by atoms with E-state index in [2.05, 4.69) is 22.0 Å². The first kappa shape index (κ1) is 16.4. The fourth-order valence-corrected chi connectivity index (χ4v) is 3.09. The standard InChI is InChI=1S/C19H20N2O3/c1-3-24-19(22)16-10-15-5-4-14(13-6-8-23-9-7-13)11-17(15)21-18(16)12-20-2/h4-5,10-11,13H,3,6-9,12H2,1H3. The van der Waals surface area contributed by atoms with Crippen LogP contribution in [0.5, 0.6) is 0 Å². The van der Waals surface area contributed by atoms with Gasteiger partial charge in [-0.3, -0.25) is 0 Å². The molecule has 0 atom stereocenters. The highest BCUT2D eigenvalue weighted by molar-refractivity contribution is 5.95. The molecule has 0 radical (unpaired) electrons. The third-order valence-corrected chi connectivity index (χ3v) is 4.34. The van der Waals surface area contributed by atoms with E-state index in [1.54, 1.807) is 13.0 Å². The minimum absolute atomic E-state index is 0.0750. The summed E-state index contributed by atoms with van der Waals surface area (Å²) < 4.78 is 10.5. The zero-order valence-electron chi connectivity index (χ0n) is 13.7. The summed E-state index contributed by atoms with van der Waals surface area (Å²) >= 11 is 0. The summed E-state index contributed by atoms with van der Waals surface area (Å²) in [6, 6.07) is 7.96. The molecule has 1 aromatic heterocycles. The van der Waals surface area contributed by atoms with Crippen LogP contribution < -0.4 is 0 Å². The van der Waals surface area contributed by atoms with E-state index in [0.29, 0.717) is 23.8 Å². The Morgan fingerprint density at radius 1 is 1.38 bits per heavy atom. The number of aromatic nitrogens is 1. The first-order chi connectivity index (χ1) is 11.7. The molecule has 2 heterocycles. The van der Waals surface area contributed by atoms with Crippen molar-refractivity contribution in [2.75, 3.05) is 19.8 Å². The molecule has 0 saturated carbocycles. The number of ether oxygens (including phenoxy) is 2. The third-order valence-electron chi connectivity index (χ3n) is 4.34. The van der Waals surface area contributed by atoms with Crippen molar-refractivity contribution < 1.29 is 14.3 Å². The van der Waals surface area contributed by atoms with E-state index in [1.807, 2.05) is 6.07 Å². The molecule has 0 unspecified atom stereocenters. The average molecular weight is 324 g/mol. The van der Waals surface area contributed by atoms with Gasteiger partial charge in [-0.15, -0.1) is 0 Å². The Hall–Kier alpha value is -2.45. The highest BCUT2D eigenvalue weighted by Crippen LogP contribution is 2.29. The van der Waals surface area contributed by atoms with Crippen LogP contribution in [0.15, 0.2) is 24.3 Å². The summed E-state index contributed by atoms with van der Waals surface area (Å²) in [4.78, 5) is 20.1. The van der Waals surface area contributed by atoms with Crippen LogP contribution in [-0.4, -0.2) is 30.8 Å². The van der Waals surface area contributed by atoms with Crippen molar-refractivity contribution in [2.45, 2.75) is 32.2 Å². The van der Waals surface area contributed by atoms with Crippen molar-refractivity contribution >= 4 is 16.9 Å². The zero-order chi connectivity index (χ0) is 16.9. The van der Waals surface area contributed by atoms with Gasteiger partial charge in [0.25, 0.3) is 6.54 Å². The van der Waals surface area contributed by atoms with Crippen molar-refractivity contribution in [3.8, 4) is 0 Å². The van der Waals surface area contributed by atoms with Gasteiger partial charge < -0.3 is 14.3 Å². The van der Waals surface area contributed by atoms with Gasteiger partial charge >= 0.3 is 5.97 Å². The summed E-state index contributed by atoms with van der Waals surface area (Å²) in [7, 11) is 0. The van der Waals surface area contributed by atoms with E-state index in [-0.39, 0.29) is 6.54 Å². The van der Waals surface area contributed by atoms with Gasteiger partial charge in [0, 0.05) is 18.6 Å². The Labute approximate surface area is 141 Å². The first-order valence-corrected chi connectivity index (χ1v) is 8.24. The van der Waals surface area contributed by atoms with Crippen molar-refractivity contribution in [2.24, 2.45) is 0 Å². The highest BCUT2D eigenvalue weighted by atomic mass is 16.5. The minimum atomic E-state index is -0.418. The Balaban J connectivity index is 2.02. The number of benzene rings is 1. The van der Waals surface area contributed by atoms with Gasteiger partial charge in [-0.1, -0.05) is 12.1 Å². The first-order valence-electron chi connectivity index (χ1n) is 8.24. The smallest absolute Gasteiger partial charge is 0.340 e. The van der Waals surface area contributed by atoms with Crippen molar-refractivity contribution in [1.82, 2.24) is 4.98 Å². The molecule has 0 spiro atoms. The number of nitrogens with zero attached hydrogens (tertiary/aromatic N) is 2. The molecule has 2 aromatic rings. The number of hydrogen-bond acceptors (Lipinski definition) is 4. The average Bonchev–Trinajstić information content (AvgIpc) is 2.62. The highest BCUT2D eigenvalue weighted by Gasteiger charge is 2.19. The molecule has 1 fully saturated rings. The molecule has 1 saturated heterocycles. The number of fused-ring (bicyclic) bond motifs is 1. The molecule has 1 aliphatic heterocycles. The van der Waals surface area contributed by atoms with Crippen molar-refractivity contribution in [3.63, 3.8) is 0 Å². The van der Waals surface area contributed by atoms with Crippen LogP contribution in [0.25, 0.3) is 15.7 Å². The van der Waals surface area contributed by atoms with Gasteiger partial charge in [-0.2, -0.15) is 0 Å². The molecular formula is C19H20N2O3. The second-order valence-corrected chi connectivity index (χ2v) is 5.86. The van der Waals surface area contributed by atoms with Gasteiger partial charge in [0.1, 0.15) is 5.69 Å². The SMILES string of the molecule is [C-]#[N+]Cc1nc2cc(C3CCOCC3)ccc2cc1C(=O)OCC. The van der Waals surface area contributed by atoms with E-state index in [9.17, 15) is 4.79 Å². The molecule has 1 aromatic carbocycles. The van der Waals surface area contributed by atoms with E-state index in [0.717, 1.165) is 37.0 Å². The maximum atomic E-state index is 12.1. The Bertz CT molecular complexity index is 789. The molecule has 0 aliphatic carbocycles. The van der Waals surface area contributed by atoms with Gasteiger partial charge in [0.05, 0.1) is 17.7 Å². The van der Waals surface area contributed by atoms with Crippen LogP contribution in [0, 0.1) is 6.57 Å². The maximum absolute atomic E-state index is 12.1. The van der Waals surface area contributed by atoms with Gasteiger partial charge in [-0.05, 0) is 43.4 Å². The molecule has 0 N–H and O–H groups in total. The summed E-state index contributed by atoms with van der Waals surface area (Å²) in [5.74, 6) is 0.0676. The number of esters is 1. The predicted molar refractivity (Wildman–Crippen MR) is 90.8 cm³/mol. The summed E-state index contributed by atoms with van der Waals surface area (Å²) in [6.07, 6.45) is 2.03. The summed E-state index contributed by atoms with van der Waals surface area (Å²) in [5.41, 5.74) is 2.95. The van der Waals surface area contributed by atoms with Crippen LogP contribution in [0.3, 0.4) is 0 Å². The molecule has 3 rings (SSSR count).